The van der Waals surface area contributed by atoms with E-state index in [0.29, 0.717) is 43.4 Å². The maximum Gasteiger partial charge on any atom is 0.416 e. The van der Waals surface area contributed by atoms with Crippen LogP contribution in [-0.4, -0.2) is 51.8 Å². The Morgan fingerprint density at radius 1 is 1.19 bits per heavy atom. The lowest BCUT2D eigenvalue weighted by Gasteiger charge is -2.49. The van der Waals surface area contributed by atoms with Crippen molar-refractivity contribution in [3.8, 4) is 0 Å². The minimum Gasteiger partial charge on any atom is -0.383 e. The van der Waals surface area contributed by atoms with Crippen molar-refractivity contribution in [3.05, 3.63) is 58.6 Å². The van der Waals surface area contributed by atoms with Gasteiger partial charge in [0, 0.05) is 49.7 Å². The van der Waals surface area contributed by atoms with E-state index in [2.05, 4.69) is 15.1 Å². The highest BCUT2D eigenvalue weighted by atomic mass is 35.5. The molecule has 2 aromatic rings. The first-order valence-corrected chi connectivity index (χ1v) is 10.9. The van der Waals surface area contributed by atoms with E-state index in [1.165, 1.54) is 6.07 Å². The van der Waals surface area contributed by atoms with Gasteiger partial charge in [-0.2, -0.15) is 13.2 Å². The molecule has 0 radical (unpaired) electrons. The van der Waals surface area contributed by atoms with Crippen molar-refractivity contribution in [1.29, 1.82) is 0 Å². The van der Waals surface area contributed by atoms with E-state index in [-0.39, 0.29) is 18.4 Å². The van der Waals surface area contributed by atoms with Gasteiger partial charge >= 0.3 is 6.18 Å². The fourth-order valence-corrected chi connectivity index (χ4v) is 4.72. The van der Waals surface area contributed by atoms with E-state index < -0.39 is 17.7 Å². The van der Waals surface area contributed by atoms with Crippen LogP contribution in [0.25, 0.3) is 0 Å². The molecule has 0 spiro atoms. The molecule has 0 bridgehead atoms. The van der Waals surface area contributed by atoms with Crippen molar-refractivity contribution in [1.82, 2.24) is 5.32 Å². The van der Waals surface area contributed by atoms with E-state index in [9.17, 15) is 18.0 Å². The van der Waals surface area contributed by atoms with Gasteiger partial charge in [-0.25, -0.2) is 0 Å². The molecular formula is C23H25ClF3N3O2. The van der Waals surface area contributed by atoms with Crippen molar-refractivity contribution in [3.63, 3.8) is 0 Å². The summed E-state index contributed by atoms with van der Waals surface area (Å²) in [7, 11) is 1.55. The number of rotatable bonds is 5. The number of halogens is 4. The molecule has 2 heterocycles. The first-order chi connectivity index (χ1) is 15.3. The van der Waals surface area contributed by atoms with E-state index in [1.54, 1.807) is 13.2 Å². The van der Waals surface area contributed by atoms with Gasteiger partial charge in [-0.05, 0) is 54.4 Å². The van der Waals surface area contributed by atoms with Gasteiger partial charge in [-0.3, -0.25) is 4.79 Å². The Labute approximate surface area is 190 Å². The number of hydrogen-bond donors (Lipinski definition) is 1. The summed E-state index contributed by atoms with van der Waals surface area (Å²) in [6.45, 7) is 2.61. The molecule has 2 aliphatic heterocycles. The second kappa shape index (κ2) is 9.19. The Balaban J connectivity index is 1.64. The van der Waals surface area contributed by atoms with Crippen LogP contribution in [0.1, 0.15) is 11.1 Å². The van der Waals surface area contributed by atoms with E-state index in [4.69, 9.17) is 16.3 Å². The molecule has 32 heavy (non-hydrogen) atoms. The fourth-order valence-electron chi connectivity index (χ4n) is 4.59. The number of ether oxygens (including phenoxy) is 1. The van der Waals surface area contributed by atoms with Gasteiger partial charge in [0.05, 0.1) is 24.1 Å². The van der Waals surface area contributed by atoms with Crippen molar-refractivity contribution in [2.24, 2.45) is 5.92 Å². The maximum atomic E-state index is 13.3. The number of nitrogens with zero attached hydrogens (tertiary/aromatic N) is 2. The van der Waals surface area contributed by atoms with Gasteiger partial charge in [0.2, 0.25) is 5.91 Å². The number of carbonyl (C=O) groups is 1. The molecule has 0 aliphatic carbocycles. The van der Waals surface area contributed by atoms with Crippen LogP contribution < -0.4 is 15.1 Å². The number of alkyl halides is 3. The van der Waals surface area contributed by atoms with Gasteiger partial charge in [-0.1, -0.05) is 11.6 Å². The molecule has 2 aliphatic rings. The van der Waals surface area contributed by atoms with Crippen LogP contribution in [0.5, 0.6) is 0 Å². The minimum absolute atomic E-state index is 0.161. The topological polar surface area (TPSA) is 44.8 Å². The summed E-state index contributed by atoms with van der Waals surface area (Å²) in [4.78, 5) is 17.3. The van der Waals surface area contributed by atoms with Crippen LogP contribution in [0.3, 0.4) is 0 Å². The lowest BCUT2D eigenvalue weighted by atomic mass is 9.82. The van der Waals surface area contributed by atoms with Gasteiger partial charge in [0.15, 0.2) is 0 Å². The average Bonchev–Trinajstić information content (AvgIpc) is 2.77. The zero-order valence-corrected chi connectivity index (χ0v) is 18.4. The largest absolute Gasteiger partial charge is 0.416 e. The summed E-state index contributed by atoms with van der Waals surface area (Å²) in [5.41, 5.74) is 1.65. The number of amides is 1. The quantitative estimate of drug-likeness (QED) is 0.675. The third-order valence-electron chi connectivity index (χ3n) is 6.17. The zero-order chi connectivity index (χ0) is 22.9. The molecule has 172 valence electrons. The molecule has 2 atom stereocenters. The van der Waals surface area contributed by atoms with E-state index in [0.717, 1.165) is 17.4 Å². The summed E-state index contributed by atoms with van der Waals surface area (Å²) < 4.78 is 44.9. The van der Waals surface area contributed by atoms with Gasteiger partial charge in [0.1, 0.15) is 0 Å². The van der Waals surface area contributed by atoms with Crippen LogP contribution in [0.4, 0.5) is 24.5 Å². The minimum atomic E-state index is -4.42. The summed E-state index contributed by atoms with van der Waals surface area (Å²) in [5, 5.41) is 3.52. The number of hydrogen-bond acceptors (Lipinski definition) is 4. The summed E-state index contributed by atoms with van der Waals surface area (Å²) in [6, 6.07) is 11.2. The van der Waals surface area contributed by atoms with Crippen molar-refractivity contribution < 1.29 is 22.7 Å². The van der Waals surface area contributed by atoms with Crippen LogP contribution in [-0.2, 0) is 22.1 Å². The Kier molecular flexibility index (Phi) is 6.53. The molecule has 1 N–H and O–H groups in total. The molecule has 2 unspecified atom stereocenters. The summed E-state index contributed by atoms with van der Waals surface area (Å²) in [5.74, 6) is -0.643. The number of piperazine rings is 1. The lowest BCUT2D eigenvalue weighted by Crippen LogP contribution is -2.61. The molecule has 1 saturated heterocycles. The van der Waals surface area contributed by atoms with Gasteiger partial charge in [0.25, 0.3) is 0 Å². The predicted molar refractivity (Wildman–Crippen MR) is 118 cm³/mol. The van der Waals surface area contributed by atoms with E-state index >= 15 is 0 Å². The Bertz CT molecular complexity index is 968. The highest BCUT2D eigenvalue weighted by Crippen LogP contribution is 2.40. The Hall–Kier alpha value is -2.45. The molecular weight excluding hydrogens is 443 g/mol. The van der Waals surface area contributed by atoms with Gasteiger partial charge < -0.3 is 19.9 Å². The third-order valence-corrected chi connectivity index (χ3v) is 6.43. The smallest absolute Gasteiger partial charge is 0.383 e. The summed E-state index contributed by atoms with van der Waals surface area (Å²) in [6.07, 6.45) is -4.16. The standard InChI is InChI=1S/C23H25ClF3N3O2/c1-32-11-8-28-22(31)19-13-15-12-16(23(25,26)27)2-7-20(15)30-10-9-29(14-21(19)30)18-5-3-17(24)4-6-18/h2-7,12,19,21H,8-11,13-14H2,1H3,(H,28,31). The SMILES string of the molecule is COCCNC(=O)C1Cc2cc(C(F)(F)F)ccc2N2CCN(c3ccc(Cl)cc3)CC12. The normalized spacial score (nSPS) is 20.5. The van der Waals surface area contributed by atoms with Crippen LogP contribution in [0, 0.1) is 5.92 Å². The van der Waals surface area contributed by atoms with Crippen LogP contribution in [0.2, 0.25) is 5.02 Å². The number of methoxy groups -OCH3 is 1. The van der Waals surface area contributed by atoms with E-state index in [1.807, 2.05) is 24.3 Å². The number of fused-ring (bicyclic) bond motifs is 3. The first-order valence-electron chi connectivity index (χ1n) is 10.5. The zero-order valence-electron chi connectivity index (χ0n) is 17.7. The molecule has 1 fully saturated rings. The molecule has 0 aromatic heterocycles. The molecule has 2 aromatic carbocycles. The first kappa shape index (κ1) is 22.7. The van der Waals surface area contributed by atoms with Crippen LogP contribution in [0.15, 0.2) is 42.5 Å². The summed E-state index contributed by atoms with van der Waals surface area (Å²) >= 11 is 6.02. The van der Waals surface area contributed by atoms with Gasteiger partial charge in [-0.15, -0.1) is 0 Å². The number of benzene rings is 2. The number of carbonyl (C=O) groups excluding carboxylic acids is 1. The fraction of sp³-hybridized carbons (Fsp3) is 0.435. The predicted octanol–water partition coefficient (Wildman–Crippen LogP) is 3.99. The van der Waals surface area contributed by atoms with Crippen LogP contribution >= 0.6 is 11.6 Å². The second-order valence-corrected chi connectivity index (χ2v) is 8.56. The third kappa shape index (κ3) is 4.66. The number of anilines is 2. The average molecular weight is 468 g/mol. The Morgan fingerprint density at radius 3 is 2.62 bits per heavy atom. The second-order valence-electron chi connectivity index (χ2n) is 8.12. The molecule has 9 heteroatoms. The van der Waals surface area contributed by atoms with Crippen molar-refractivity contribution >= 4 is 28.9 Å². The lowest BCUT2D eigenvalue weighted by molar-refractivity contribution is -0.137. The highest BCUT2D eigenvalue weighted by molar-refractivity contribution is 6.30. The maximum absolute atomic E-state index is 13.3. The molecule has 0 saturated carbocycles. The monoisotopic (exact) mass is 467 g/mol. The molecule has 4 rings (SSSR count). The van der Waals surface area contributed by atoms with Crippen molar-refractivity contribution in [2.75, 3.05) is 49.7 Å². The molecule has 1 amide bonds. The highest BCUT2D eigenvalue weighted by Gasteiger charge is 2.42. The number of nitrogens with one attached hydrogen (secondary N) is 1. The van der Waals surface area contributed by atoms with Crippen molar-refractivity contribution in [2.45, 2.75) is 18.6 Å². The Morgan fingerprint density at radius 2 is 1.94 bits per heavy atom. The molecule has 5 nitrogen and oxygen atoms in total.